The molecule has 1 aliphatic rings. The molecule has 0 unspecified atom stereocenters. The Bertz CT molecular complexity index is 314. The lowest BCUT2D eigenvalue weighted by atomic mass is 10.2. The van der Waals surface area contributed by atoms with Gasteiger partial charge in [0.2, 0.25) is 0 Å². The number of amides is 2. The summed E-state index contributed by atoms with van der Waals surface area (Å²) in [6.07, 6.45) is 2.19. The van der Waals surface area contributed by atoms with E-state index in [1.165, 1.54) is 0 Å². The molecule has 1 heterocycles. The normalized spacial score (nSPS) is 15.1. The van der Waals surface area contributed by atoms with Gasteiger partial charge in [0.1, 0.15) is 0 Å². The zero-order valence-electron chi connectivity index (χ0n) is 10.8. The molecule has 0 aromatic rings. The Kier molecular flexibility index (Phi) is 7.06. The largest absolute Gasteiger partial charge is 0.396 e. The van der Waals surface area contributed by atoms with Gasteiger partial charge in [-0.05, 0) is 19.3 Å². The first-order chi connectivity index (χ1) is 9.15. The maximum Gasteiger partial charge on any atom is 0.333 e. The topological polar surface area (TPSA) is 93.1 Å². The molecule has 108 valence electrons. The molecule has 0 bridgehead atoms. The van der Waals surface area contributed by atoms with Crippen molar-refractivity contribution in [1.29, 1.82) is 0 Å². The molecule has 0 aliphatic carbocycles. The lowest BCUT2D eigenvalue weighted by Crippen LogP contribution is -2.31. The highest BCUT2D eigenvalue weighted by Gasteiger charge is 2.32. The monoisotopic (exact) mass is 273 g/mol. The van der Waals surface area contributed by atoms with Crippen LogP contribution in [0.25, 0.3) is 0 Å². The highest BCUT2D eigenvalue weighted by Crippen LogP contribution is 2.13. The Morgan fingerprint density at radius 1 is 1.11 bits per heavy atom. The Morgan fingerprint density at radius 3 is 2.37 bits per heavy atom. The minimum atomic E-state index is -0.584. The number of unbranched alkanes of at least 4 members (excludes halogenated alkanes) is 1. The molecule has 0 radical (unpaired) electrons. The van der Waals surface area contributed by atoms with E-state index >= 15 is 0 Å². The van der Waals surface area contributed by atoms with Crippen molar-refractivity contribution in [3.8, 4) is 0 Å². The van der Waals surface area contributed by atoms with E-state index in [0.29, 0.717) is 37.5 Å². The number of aliphatic hydroxyl groups excluding tert-OH is 1. The average molecular weight is 273 g/mol. The Balaban J connectivity index is 2.05. The van der Waals surface area contributed by atoms with Gasteiger partial charge in [-0.2, -0.15) is 0 Å². The van der Waals surface area contributed by atoms with E-state index in [1.807, 2.05) is 0 Å². The molecule has 19 heavy (non-hydrogen) atoms. The summed E-state index contributed by atoms with van der Waals surface area (Å²) in [5.41, 5.74) is 0. The van der Waals surface area contributed by atoms with Crippen LogP contribution in [0.1, 0.15) is 38.5 Å². The predicted molar refractivity (Wildman–Crippen MR) is 63.6 cm³/mol. The fourth-order valence-corrected chi connectivity index (χ4v) is 1.55. The molecular formula is C12H19NO6. The van der Waals surface area contributed by atoms with Crippen LogP contribution in [-0.4, -0.2) is 47.8 Å². The van der Waals surface area contributed by atoms with Crippen LogP contribution in [0.15, 0.2) is 0 Å². The maximum absolute atomic E-state index is 11.4. The Morgan fingerprint density at radius 2 is 1.74 bits per heavy atom. The molecule has 1 saturated heterocycles. The zero-order chi connectivity index (χ0) is 14.1. The van der Waals surface area contributed by atoms with Crippen LogP contribution in [0.5, 0.6) is 0 Å². The van der Waals surface area contributed by atoms with Gasteiger partial charge in [-0.3, -0.25) is 9.59 Å². The van der Waals surface area contributed by atoms with Gasteiger partial charge in [0.05, 0.1) is 0 Å². The average Bonchev–Trinajstić information content (AvgIpc) is 2.69. The molecule has 2 amide bonds. The molecule has 7 heteroatoms. The third-order valence-electron chi connectivity index (χ3n) is 2.57. The first-order valence-electron chi connectivity index (χ1n) is 6.40. The number of hydroxylamine groups is 2. The van der Waals surface area contributed by atoms with Crippen molar-refractivity contribution in [2.45, 2.75) is 38.5 Å². The molecule has 1 fully saturated rings. The molecule has 0 saturated carbocycles. The Labute approximate surface area is 111 Å². The van der Waals surface area contributed by atoms with E-state index in [4.69, 9.17) is 14.7 Å². The molecular weight excluding hydrogens is 254 g/mol. The molecule has 1 aliphatic heterocycles. The van der Waals surface area contributed by atoms with Crippen LogP contribution in [-0.2, 0) is 24.0 Å². The smallest absolute Gasteiger partial charge is 0.333 e. The molecule has 0 aromatic carbocycles. The van der Waals surface area contributed by atoms with Crippen LogP contribution < -0.4 is 0 Å². The van der Waals surface area contributed by atoms with E-state index in [1.54, 1.807) is 0 Å². The van der Waals surface area contributed by atoms with Crippen molar-refractivity contribution >= 4 is 17.8 Å². The fourth-order valence-electron chi connectivity index (χ4n) is 1.55. The first kappa shape index (κ1) is 15.6. The number of imide groups is 1. The molecule has 0 aromatic heterocycles. The van der Waals surface area contributed by atoms with Crippen molar-refractivity contribution in [1.82, 2.24) is 5.06 Å². The van der Waals surface area contributed by atoms with Gasteiger partial charge < -0.3 is 14.7 Å². The highest BCUT2D eigenvalue weighted by atomic mass is 16.7. The summed E-state index contributed by atoms with van der Waals surface area (Å²) in [4.78, 5) is 38.5. The van der Waals surface area contributed by atoms with Crippen LogP contribution >= 0.6 is 0 Å². The maximum atomic E-state index is 11.4. The zero-order valence-corrected chi connectivity index (χ0v) is 10.8. The number of hydrogen-bond donors (Lipinski definition) is 1. The second-order valence-electron chi connectivity index (χ2n) is 4.19. The van der Waals surface area contributed by atoms with Crippen LogP contribution in [0.2, 0.25) is 0 Å². The summed E-state index contributed by atoms with van der Waals surface area (Å²) in [5, 5.41) is 9.08. The minimum absolute atomic E-state index is 0.101. The van der Waals surface area contributed by atoms with E-state index in [0.717, 1.165) is 0 Å². The van der Waals surface area contributed by atoms with E-state index in [2.05, 4.69) is 0 Å². The van der Waals surface area contributed by atoms with E-state index in [-0.39, 0.29) is 25.9 Å². The number of nitrogens with zero attached hydrogens (tertiary/aromatic N) is 1. The van der Waals surface area contributed by atoms with Crippen LogP contribution in [0, 0.1) is 0 Å². The van der Waals surface area contributed by atoms with Gasteiger partial charge in [-0.1, -0.05) is 0 Å². The molecule has 1 rings (SSSR count). The number of carbonyl (C=O) groups is 3. The van der Waals surface area contributed by atoms with Gasteiger partial charge in [0, 0.05) is 39.1 Å². The Hall–Kier alpha value is -1.47. The quantitative estimate of drug-likeness (QED) is 0.475. The molecule has 0 spiro atoms. The van der Waals surface area contributed by atoms with Crippen molar-refractivity contribution in [3.05, 3.63) is 0 Å². The SMILES string of the molecule is O=C(CCCCOCCCO)ON1C(=O)CCC1=O. The van der Waals surface area contributed by atoms with Crippen molar-refractivity contribution in [2.75, 3.05) is 19.8 Å². The third-order valence-corrected chi connectivity index (χ3v) is 2.57. The van der Waals surface area contributed by atoms with Gasteiger partial charge in [-0.15, -0.1) is 5.06 Å². The van der Waals surface area contributed by atoms with Crippen molar-refractivity contribution in [3.63, 3.8) is 0 Å². The van der Waals surface area contributed by atoms with Gasteiger partial charge in [-0.25, -0.2) is 4.79 Å². The van der Waals surface area contributed by atoms with E-state index < -0.39 is 17.8 Å². The summed E-state index contributed by atoms with van der Waals surface area (Å²) in [5.74, 6) is -1.52. The second kappa shape index (κ2) is 8.60. The predicted octanol–water partition coefficient (Wildman–Crippen LogP) is 0.163. The fraction of sp³-hybridized carbons (Fsp3) is 0.750. The van der Waals surface area contributed by atoms with Crippen molar-refractivity contribution < 1.29 is 29.1 Å². The number of rotatable bonds is 9. The summed E-state index contributed by atoms with van der Waals surface area (Å²) >= 11 is 0. The molecule has 0 atom stereocenters. The first-order valence-corrected chi connectivity index (χ1v) is 6.40. The lowest BCUT2D eigenvalue weighted by molar-refractivity contribution is -0.197. The highest BCUT2D eigenvalue weighted by molar-refractivity contribution is 6.01. The van der Waals surface area contributed by atoms with Crippen LogP contribution in [0.4, 0.5) is 0 Å². The standard InChI is InChI=1S/C12H19NO6/c14-7-3-9-18-8-2-1-4-12(17)19-13-10(15)5-6-11(13)16/h14H,1-9H2. The molecule has 1 N–H and O–H groups in total. The summed E-state index contributed by atoms with van der Waals surface area (Å²) in [6.45, 7) is 1.11. The van der Waals surface area contributed by atoms with Gasteiger partial charge in [0.15, 0.2) is 0 Å². The van der Waals surface area contributed by atoms with Gasteiger partial charge >= 0.3 is 5.97 Å². The third kappa shape index (κ3) is 5.80. The number of aliphatic hydroxyl groups is 1. The number of hydrogen-bond acceptors (Lipinski definition) is 6. The van der Waals surface area contributed by atoms with Gasteiger partial charge in [0.25, 0.3) is 11.8 Å². The van der Waals surface area contributed by atoms with Crippen LogP contribution in [0.3, 0.4) is 0 Å². The summed E-state index contributed by atoms with van der Waals surface area (Å²) < 4.78 is 5.19. The second-order valence-corrected chi connectivity index (χ2v) is 4.19. The number of ether oxygens (including phenoxy) is 1. The summed E-state index contributed by atoms with van der Waals surface area (Å²) in [6, 6.07) is 0. The lowest BCUT2D eigenvalue weighted by Gasteiger charge is -2.12. The van der Waals surface area contributed by atoms with Crippen molar-refractivity contribution in [2.24, 2.45) is 0 Å². The minimum Gasteiger partial charge on any atom is -0.396 e. The molecule has 7 nitrogen and oxygen atoms in total. The van der Waals surface area contributed by atoms with E-state index in [9.17, 15) is 14.4 Å². The summed E-state index contributed by atoms with van der Waals surface area (Å²) in [7, 11) is 0. The number of carbonyl (C=O) groups excluding carboxylic acids is 3.